The van der Waals surface area contributed by atoms with E-state index < -0.39 is 10.0 Å². The zero-order valence-corrected chi connectivity index (χ0v) is 16.5. The molecule has 8 heteroatoms. The van der Waals surface area contributed by atoms with Gasteiger partial charge in [-0.15, -0.1) is 0 Å². The molecule has 3 rings (SSSR count). The van der Waals surface area contributed by atoms with Gasteiger partial charge in [-0.05, 0) is 42.7 Å². The van der Waals surface area contributed by atoms with Crippen molar-refractivity contribution in [3.8, 4) is 5.75 Å². The predicted octanol–water partition coefficient (Wildman–Crippen LogP) is 1.87. The molecule has 0 bridgehead atoms. The van der Waals surface area contributed by atoms with Crippen LogP contribution in [-0.4, -0.2) is 40.4 Å². The predicted molar refractivity (Wildman–Crippen MR) is 107 cm³/mol. The molecular weight excluding hydrogens is 378 g/mol. The lowest BCUT2D eigenvalue weighted by Crippen LogP contribution is -2.26. The van der Waals surface area contributed by atoms with E-state index in [0.717, 1.165) is 18.6 Å². The Bertz CT molecular complexity index is 969. The molecular formula is C20H23N3O4S. The number of carbonyl (C=O) groups is 1. The van der Waals surface area contributed by atoms with E-state index in [9.17, 15) is 13.2 Å². The third-order valence-electron chi connectivity index (χ3n) is 4.39. The number of amidine groups is 1. The third-order valence-corrected chi connectivity index (χ3v) is 5.79. The fourth-order valence-electron chi connectivity index (χ4n) is 2.92. The Morgan fingerprint density at radius 2 is 1.89 bits per heavy atom. The number of rotatable bonds is 8. The summed E-state index contributed by atoms with van der Waals surface area (Å²) >= 11 is 0. The second-order valence-electron chi connectivity index (χ2n) is 6.38. The molecule has 1 amide bonds. The molecule has 2 aromatic carbocycles. The van der Waals surface area contributed by atoms with Gasteiger partial charge in [0.25, 0.3) is 10.0 Å². The molecule has 7 nitrogen and oxygen atoms in total. The molecule has 0 aliphatic carbocycles. The average molecular weight is 401 g/mol. The Hall–Kier alpha value is -2.87. The summed E-state index contributed by atoms with van der Waals surface area (Å²) in [5.41, 5.74) is 1.73. The summed E-state index contributed by atoms with van der Waals surface area (Å²) in [5.74, 6) is 1.02. The molecule has 0 atom stereocenters. The molecule has 0 spiro atoms. The zero-order chi connectivity index (χ0) is 20.0. The minimum absolute atomic E-state index is 0.103. The topological polar surface area (TPSA) is 96.9 Å². The summed E-state index contributed by atoms with van der Waals surface area (Å²) in [6.45, 7) is 0.799. The first kappa shape index (κ1) is 19.9. The summed E-state index contributed by atoms with van der Waals surface area (Å²) in [6.07, 6.45) is 1.90. The first-order valence-corrected chi connectivity index (χ1v) is 10.5. The summed E-state index contributed by atoms with van der Waals surface area (Å²) in [5, 5.41) is 2.86. The number of sulfonamides is 1. The van der Waals surface area contributed by atoms with Gasteiger partial charge in [-0.1, -0.05) is 24.3 Å². The number of nitrogens with zero attached hydrogens (tertiary/aromatic N) is 1. The summed E-state index contributed by atoms with van der Waals surface area (Å²) < 4.78 is 31.6. The van der Waals surface area contributed by atoms with Crippen molar-refractivity contribution in [2.24, 2.45) is 4.99 Å². The van der Waals surface area contributed by atoms with Crippen molar-refractivity contribution >= 4 is 21.8 Å². The smallest absolute Gasteiger partial charge is 0.263 e. The highest BCUT2D eigenvalue weighted by atomic mass is 32.2. The average Bonchev–Trinajstić information content (AvgIpc) is 2.96. The van der Waals surface area contributed by atoms with Gasteiger partial charge in [-0.3, -0.25) is 14.5 Å². The summed E-state index contributed by atoms with van der Waals surface area (Å²) in [7, 11) is -1.91. The van der Waals surface area contributed by atoms with Crippen LogP contribution >= 0.6 is 0 Å². The first-order chi connectivity index (χ1) is 13.5. The SMILES string of the molecule is COc1ccc(CCCNC(=O)CCN=C2NS(=O)(=O)c3ccccc32)cc1. The van der Waals surface area contributed by atoms with E-state index >= 15 is 0 Å². The number of benzene rings is 2. The van der Waals surface area contributed by atoms with E-state index in [4.69, 9.17) is 4.74 Å². The lowest BCUT2D eigenvalue weighted by molar-refractivity contribution is -0.120. The van der Waals surface area contributed by atoms with Crippen molar-refractivity contribution < 1.29 is 17.9 Å². The molecule has 0 unspecified atom stereocenters. The van der Waals surface area contributed by atoms with Gasteiger partial charge in [-0.2, -0.15) is 0 Å². The summed E-state index contributed by atoms with van der Waals surface area (Å²) in [4.78, 5) is 16.4. The fraction of sp³-hybridized carbons (Fsp3) is 0.300. The second-order valence-corrected chi connectivity index (χ2v) is 8.03. The van der Waals surface area contributed by atoms with Crippen molar-refractivity contribution in [3.63, 3.8) is 0 Å². The number of aryl methyl sites for hydroxylation is 1. The number of fused-ring (bicyclic) bond motifs is 1. The van der Waals surface area contributed by atoms with Crippen molar-refractivity contribution in [1.29, 1.82) is 0 Å². The van der Waals surface area contributed by atoms with Crippen LogP contribution < -0.4 is 14.8 Å². The van der Waals surface area contributed by atoms with Gasteiger partial charge in [0.15, 0.2) is 0 Å². The summed E-state index contributed by atoms with van der Waals surface area (Å²) in [6, 6.07) is 14.5. The molecule has 0 saturated carbocycles. The van der Waals surface area contributed by atoms with E-state index in [-0.39, 0.29) is 23.8 Å². The van der Waals surface area contributed by atoms with E-state index in [1.165, 1.54) is 11.6 Å². The number of hydrogen-bond acceptors (Lipinski definition) is 5. The molecule has 1 heterocycles. The molecule has 2 aromatic rings. The molecule has 0 radical (unpaired) electrons. The maximum absolute atomic E-state index is 12.0. The van der Waals surface area contributed by atoms with Crippen LogP contribution in [0.5, 0.6) is 5.75 Å². The standard InChI is InChI=1S/C20H23N3O4S/c1-27-16-10-8-15(9-11-16)5-4-13-21-19(24)12-14-22-20-17-6-2-3-7-18(17)28(25,26)23-20/h2-3,6-11H,4-5,12-14H2,1H3,(H,21,24)(H,22,23). The highest BCUT2D eigenvalue weighted by Gasteiger charge is 2.29. The number of methoxy groups -OCH3 is 1. The Kier molecular flexibility index (Phi) is 6.30. The van der Waals surface area contributed by atoms with Crippen LogP contribution in [-0.2, 0) is 21.2 Å². The van der Waals surface area contributed by atoms with Crippen LogP contribution in [0.4, 0.5) is 0 Å². The van der Waals surface area contributed by atoms with Crippen LogP contribution in [0, 0.1) is 0 Å². The number of carbonyl (C=O) groups excluding carboxylic acids is 1. The van der Waals surface area contributed by atoms with Gasteiger partial charge in [0.2, 0.25) is 5.91 Å². The van der Waals surface area contributed by atoms with Crippen LogP contribution in [0.3, 0.4) is 0 Å². The highest BCUT2D eigenvalue weighted by Crippen LogP contribution is 2.22. The van der Waals surface area contributed by atoms with Crippen LogP contribution in [0.2, 0.25) is 0 Å². The third kappa shape index (κ3) is 4.89. The van der Waals surface area contributed by atoms with Crippen molar-refractivity contribution in [3.05, 3.63) is 59.7 Å². The number of amides is 1. The van der Waals surface area contributed by atoms with Gasteiger partial charge in [0.05, 0.1) is 18.6 Å². The van der Waals surface area contributed by atoms with E-state index in [1.54, 1.807) is 25.3 Å². The van der Waals surface area contributed by atoms with Crippen molar-refractivity contribution in [1.82, 2.24) is 10.0 Å². The number of hydrogen-bond donors (Lipinski definition) is 2. The van der Waals surface area contributed by atoms with Crippen LogP contribution in [0.15, 0.2) is 58.4 Å². The van der Waals surface area contributed by atoms with Gasteiger partial charge in [0.1, 0.15) is 11.6 Å². The largest absolute Gasteiger partial charge is 0.497 e. The minimum atomic E-state index is -3.54. The molecule has 1 aliphatic heterocycles. The molecule has 0 saturated heterocycles. The van der Waals surface area contributed by atoms with Crippen molar-refractivity contribution in [2.75, 3.05) is 20.2 Å². The minimum Gasteiger partial charge on any atom is -0.497 e. The first-order valence-electron chi connectivity index (χ1n) is 9.06. The highest BCUT2D eigenvalue weighted by molar-refractivity contribution is 7.90. The lowest BCUT2D eigenvalue weighted by atomic mass is 10.1. The van der Waals surface area contributed by atoms with E-state index in [1.807, 2.05) is 24.3 Å². The number of nitrogens with one attached hydrogen (secondary N) is 2. The Morgan fingerprint density at radius 3 is 2.64 bits per heavy atom. The fourth-order valence-corrected chi connectivity index (χ4v) is 4.17. The Labute approximate surface area is 164 Å². The van der Waals surface area contributed by atoms with Gasteiger partial charge in [-0.25, -0.2) is 8.42 Å². The maximum atomic E-state index is 12.0. The quantitative estimate of drug-likeness (QED) is 0.660. The van der Waals surface area contributed by atoms with Gasteiger partial charge >= 0.3 is 0 Å². The van der Waals surface area contributed by atoms with Gasteiger partial charge in [0, 0.05) is 18.5 Å². The van der Waals surface area contributed by atoms with Crippen molar-refractivity contribution in [2.45, 2.75) is 24.2 Å². The Morgan fingerprint density at radius 1 is 1.14 bits per heavy atom. The molecule has 28 heavy (non-hydrogen) atoms. The van der Waals surface area contributed by atoms with Crippen LogP contribution in [0.25, 0.3) is 0 Å². The molecule has 2 N–H and O–H groups in total. The van der Waals surface area contributed by atoms with Crippen LogP contribution in [0.1, 0.15) is 24.0 Å². The van der Waals surface area contributed by atoms with E-state index in [2.05, 4.69) is 15.0 Å². The monoisotopic (exact) mass is 401 g/mol. The van der Waals surface area contributed by atoms with Gasteiger partial charge < -0.3 is 10.1 Å². The molecule has 1 aliphatic rings. The normalized spacial score (nSPS) is 15.7. The maximum Gasteiger partial charge on any atom is 0.263 e. The number of aliphatic imine (C=N–C) groups is 1. The molecule has 0 fully saturated rings. The Balaban J connectivity index is 1.41. The second kappa shape index (κ2) is 8.88. The number of ether oxygens (including phenoxy) is 1. The lowest BCUT2D eigenvalue weighted by Gasteiger charge is -2.06. The molecule has 148 valence electrons. The zero-order valence-electron chi connectivity index (χ0n) is 15.6. The molecule has 0 aromatic heterocycles. The van der Waals surface area contributed by atoms with E-state index in [0.29, 0.717) is 17.9 Å².